The number of hydrogen-bond donors (Lipinski definition) is 2. The van der Waals surface area contributed by atoms with Gasteiger partial charge in [0.2, 0.25) is 0 Å². The molecule has 0 saturated heterocycles. The first-order valence-electron chi connectivity index (χ1n) is 3.73. The topological polar surface area (TPSA) is 63.3 Å². The van der Waals surface area contributed by atoms with E-state index in [0.717, 1.165) is 10.5 Å². The smallest absolute Gasteiger partial charge is 0.337 e. The summed E-state index contributed by atoms with van der Waals surface area (Å²) in [6, 6.07) is 3.47. The van der Waals surface area contributed by atoms with E-state index >= 15 is 0 Å². The Kier molecular flexibility index (Phi) is 2.83. The number of aromatic carboxylic acids is 1. The van der Waals surface area contributed by atoms with E-state index in [1.807, 2.05) is 19.2 Å². The van der Waals surface area contributed by atoms with E-state index in [0.29, 0.717) is 5.69 Å². The van der Waals surface area contributed by atoms with Crippen LogP contribution in [0.25, 0.3) is 0 Å². The molecular formula is C9H11NO2S. The maximum absolute atomic E-state index is 10.8. The van der Waals surface area contributed by atoms with Crippen LogP contribution in [0.2, 0.25) is 0 Å². The molecule has 0 unspecified atom stereocenters. The van der Waals surface area contributed by atoms with Gasteiger partial charge in [-0.25, -0.2) is 4.79 Å². The summed E-state index contributed by atoms with van der Waals surface area (Å²) in [6.45, 7) is 1.81. The van der Waals surface area contributed by atoms with Crippen LogP contribution in [-0.4, -0.2) is 17.3 Å². The van der Waals surface area contributed by atoms with Crippen molar-refractivity contribution in [3.05, 3.63) is 23.3 Å². The summed E-state index contributed by atoms with van der Waals surface area (Å²) < 4.78 is 0. The van der Waals surface area contributed by atoms with Gasteiger partial charge in [0.15, 0.2) is 0 Å². The van der Waals surface area contributed by atoms with Crippen molar-refractivity contribution in [2.24, 2.45) is 0 Å². The van der Waals surface area contributed by atoms with Gasteiger partial charge in [0.05, 0.1) is 5.56 Å². The molecule has 0 heterocycles. The average molecular weight is 197 g/mol. The lowest BCUT2D eigenvalue weighted by Gasteiger charge is -2.06. The summed E-state index contributed by atoms with van der Waals surface area (Å²) >= 11 is 1.50. The number of nitrogen functional groups attached to an aromatic ring is 1. The van der Waals surface area contributed by atoms with Crippen LogP contribution in [-0.2, 0) is 0 Å². The molecule has 4 heteroatoms. The lowest BCUT2D eigenvalue weighted by Crippen LogP contribution is -2.04. The van der Waals surface area contributed by atoms with Crippen molar-refractivity contribution in [2.45, 2.75) is 11.8 Å². The molecule has 0 bridgehead atoms. The molecule has 1 rings (SSSR count). The van der Waals surface area contributed by atoms with Gasteiger partial charge in [0, 0.05) is 10.6 Å². The molecule has 1 aromatic rings. The normalized spacial score (nSPS) is 10.0. The van der Waals surface area contributed by atoms with Crippen LogP contribution in [0.5, 0.6) is 0 Å². The van der Waals surface area contributed by atoms with Crippen molar-refractivity contribution in [2.75, 3.05) is 12.0 Å². The Labute approximate surface area is 80.9 Å². The third-order valence-corrected chi connectivity index (χ3v) is 2.53. The molecule has 0 fully saturated rings. The number of carboxylic acids is 1. The fourth-order valence-electron chi connectivity index (χ4n) is 1.06. The molecule has 3 nitrogen and oxygen atoms in total. The van der Waals surface area contributed by atoms with E-state index in [-0.39, 0.29) is 5.56 Å². The lowest BCUT2D eigenvalue weighted by molar-refractivity contribution is 0.0697. The second-order valence-electron chi connectivity index (χ2n) is 2.71. The third-order valence-electron chi connectivity index (χ3n) is 1.83. The zero-order valence-corrected chi connectivity index (χ0v) is 8.31. The molecule has 0 atom stereocenters. The number of carboxylic acid groups (broad SMARTS) is 1. The Morgan fingerprint density at radius 1 is 1.54 bits per heavy atom. The predicted molar refractivity (Wildman–Crippen MR) is 54.3 cm³/mol. The molecule has 0 radical (unpaired) electrons. The van der Waals surface area contributed by atoms with Crippen LogP contribution in [0.1, 0.15) is 15.9 Å². The molecule has 0 amide bonds. The number of benzene rings is 1. The van der Waals surface area contributed by atoms with Gasteiger partial charge in [-0.15, -0.1) is 11.8 Å². The molecule has 0 saturated carbocycles. The maximum Gasteiger partial charge on any atom is 0.337 e. The van der Waals surface area contributed by atoms with Gasteiger partial charge < -0.3 is 10.8 Å². The van der Waals surface area contributed by atoms with E-state index < -0.39 is 5.97 Å². The second-order valence-corrected chi connectivity index (χ2v) is 3.59. The van der Waals surface area contributed by atoms with E-state index in [4.69, 9.17) is 10.8 Å². The van der Waals surface area contributed by atoms with Crippen LogP contribution in [0, 0.1) is 6.92 Å². The minimum atomic E-state index is -0.975. The molecule has 1 aromatic carbocycles. The molecule has 0 aliphatic carbocycles. The van der Waals surface area contributed by atoms with Gasteiger partial charge in [0.1, 0.15) is 0 Å². The summed E-state index contributed by atoms with van der Waals surface area (Å²) in [7, 11) is 0. The minimum absolute atomic E-state index is 0.185. The van der Waals surface area contributed by atoms with Gasteiger partial charge in [-0.1, -0.05) is 0 Å². The van der Waals surface area contributed by atoms with Crippen molar-refractivity contribution in [1.29, 1.82) is 0 Å². The van der Waals surface area contributed by atoms with Gasteiger partial charge in [-0.2, -0.15) is 0 Å². The number of aryl methyl sites for hydroxylation is 1. The summed E-state index contributed by atoms with van der Waals surface area (Å²) in [4.78, 5) is 11.7. The summed E-state index contributed by atoms with van der Waals surface area (Å²) in [5.41, 5.74) is 6.96. The Morgan fingerprint density at radius 2 is 2.15 bits per heavy atom. The molecular weight excluding hydrogens is 186 g/mol. The van der Waals surface area contributed by atoms with E-state index in [1.165, 1.54) is 11.8 Å². The van der Waals surface area contributed by atoms with Crippen molar-refractivity contribution >= 4 is 23.4 Å². The largest absolute Gasteiger partial charge is 0.478 e. The van der Waals surface area contributed by atoms with Gasteiger partial charge in [-0.05, 0) is 30.9 Å². The van der Waals surface area contributed by atoms with Crippen LogP contribution < -0.4 is 5.73 Å². The number of rotatable bonds is 2. The first-order chi connectivity index (χ1) is 6.06. The van der Waals surface area contributed by atoms with E-state index in [1.54, 1.807) is 6.07 Å². The highest BCUT2D eigenvalue weighted by molar-refractivity contribution is 7.98. The van der Waals surface area contributed by atoms with E-state index in [2.05, 4.69) is 0 Å². The summed E-state index contributed by atoms with van der Waals surface area (Å²) in [5.74, 6) is -0.975. The molecule has 13 heavy (non-hydrogen) atoms. The van der Waals surface area contributed by atoms with E-state index in [9.17, 15) is 4.79 Å². The molecule has 3 N–H and O–H groups in total. The Bertz CT molecular complexity index is 350. The first-order valence-corrected chi connectivity index (χ1v) is 4.96. The molecule has 0 aliphatic heterocycles. The quantitative estimate of drug-likeness (QED) is 0.562. The maximum atomic E-state index is 10.8. The predicted octanol–water partition coefficient (Wildman–Crippen LogP) is 2.00. The molecule has 70 valence electrons. The van der Waals surface area contributed by atoms with Crippen LogP contribution in [0.4, 0.5) is 5.69 Å². The Hall–Kier alpha value is -1.16. The number of hydrogen-bond acceptors (Lipinski definition) is 3. The first kappa shape index (κ1) is 9.92. The molecule has 0 spiro atoms. The van der Waals surface area contributed by atoms with Crippen molar-refractivity contribution < 1.29 is 9.90 Å². The molecule has 0 aliphatic rings. The van der Waals surface area contributed by atoms with Crippen molar-refractivity contribution in [1.82, 2.24) is 0 Å². The number of thioether (sulfide) groups is 1. The van der Waals surface area contributed by atoms with Gasteiger partial charge in [-0.3, -0.25) is 0 Å². The fraction of sp³-hybridized carbons (Fsp3) is 0.222. The van der Waals surface area contributed by atoms with Crippen molar-refractivity contribution in [3.8, 4) is 0 Å². The molecule has 0 aromatic heterocycles. The standard InChI is InChI=1S/C9H11NO2S/c1-5-3-6(13-2)4-7(8(5)10)9(11)12/h3-4H,10H2,1-2H3,(H,11,12). The highest BCUT2D eigenvalue weighted by atomic mass is 32.2. The second kappa shape index (κ2) is 3.70. The van der Waals surface area contributed by atoms with Crippen molar-refractivity contribution in [3.63, 3.8) is 0 Å². The third kappa shape index (κ3) is 1.95. The Balaban J connectivity index is 3.33. The van der Waals surface area contributed by atoms with Gasteiger partial charge >= 0.3 is 5.97 Å². The fourth-order valence-corrected chi connectivity index (χ4v) is 1.59. The van der Waals surface area contributed by atoms with Crippen LogP contribution in [0.3, 0.4) is 0 Å². The van der Waals surface area contributed by atoms with Crippen LogP contribution >= 0.6 is 11.8 Å². The summed E-state index contributed by atoms with van der Waals surface area (Å²) in [5, 5.41) is 8.82. The number of nitrogens with two attached hydrogens (primary N) is 1. The summed E-state index contributed by atoms with van der Waals surface area (Å²) in [6.07, 6.45) is 1.90. The zero-order chi connectivity index (χ0) is 10.0. The van der Waals surface area contributed by atoms with Crippen LogP contribution in [0.15, 0.2) is 17.0 Å². The number of carbonyl (C=O) groups is 1. The minimum Gasteiger partial charge on any atom is -0.478 e. The highest BCUT2D eigenvalue weighted by Gasteiger charge is 2.10. The average Bonchev–Trinajstić information content (AvgIpc) is 2.09. The van der Waals surface area contributed by atoms with Gasteiger partial charge in [0.25, 0.3) is 0 Å². The Morgan fingerprint density at radius 3 is 2.62 bits per heavy atom. The monoisotopic (exact) mass is 197 g/mol. The number of anilines is 1. The SMILES string of the molecule is CSc1cc(C)c(N)c(C(=O)O)c1. The lowest BCUT2D eigenvalue weighted by atomic mass is 10.1. The highest BCUT2D eigenvalue weighted by Crippen LogP contribution is 2.24. The zero-order valence-electron chi connectivity index (χ0n) is 7.50.